The molecule has 0 aromatic rings. The van der Waals surface area contributed by atoms with Crippen LogP contribution in [0.1, 0.15) is 52.4 Å². The number of ether oxygens (including phenoxy) is 1. The van der Waals surface area contributed by atoms with Gasteiger partial charge in [-0.2, -0.15) is 0 Å². The van der Waals surface area contributed by atoms with E-state index in [-0.39, 0.29) is 13.2 Å². The molecular weight excluding hydrogens is 331 g/mol. The fourth-order valence-electron chi connectivity index (χ4n) is 5.11. The number of hydrogen-bond acceptors (Lipinski definition) is 5. The topological polar surface area (TPSA) is 98.2 Å². The lowest BCUT2D eigenvalue weighted by molar-refractivity contribution is -0.181. The third kappa shape index (κ3) is 3.23. The number of carbonyl (C=O) groups is 1. The standard InChI is InChI=1S/C16H25N2O5P/c1-3-21-24(20,22-4-2)14(18-17)15(19)23-16-8-11-5-12(9-16)7-13(6-11)10-16/h11-13H,3-10H2,1-2H3. The van der Waals surface area contributed by atoms with Gasteiger partial charge in [-0.05, 0) is 70.1 Å². The zero-order valence-electron chi connectivity index (χ0n) is 14.3. The second-order valence-electron chi connectivity index (χ2n) is 7.25. The number of nitrogens with zero attached hydrogens (tertiary/aromatic N) is 2. The van der Waals surface area contributed by atoms with E-state index in [9.17, 15) is 14.9 Å². The van der Waals surface area contributed by atoms with Gasteiger partial charge in [-0.25, -0.2) is 9.36 Å². The van der Waals surface area contributed by atoms with Crippen molar-refractivity contribution < 1.29 is 27.9 Å². The summed E-state index contributed by atoms with van der Waals surface area (Å²) in [5.74, 6) is 0.919. The molecule has 0 saturated heterocycles. The number of hydrogen-bond donors (Lipinski definition) is 0. The van der Waals surface area contributed by atoms with E-state index in [4.69, 9.17) is 13.8 Å². The molecule has 24 heavy (non-hydrogen) atoms. The molecule has 4 aliphatic carbocycles. The zero-order chi connectivity index (χ0) is 17.4. The maximum Gasteiger partial charge on any atom is 0.484 e. The van der Waals surface area contributed by atoms with Crippen LogP contribution in [0.15, 0.2) is 0 Å². The van der Waals surface area contributed by atoms with Crippen LogP contribution in [0.3, 0.4) is 0 Å². The van der Waals surface area contributed by atoms with E-state index >= 15 is 0 Å². The Hall–Kier alpha value is -1.00. The highest BCUT2D eigenvalue weighted by atomic mass is 31.2. The molecule has 0 aromatic carbocycles. The van der Waals surface area contributed by atoms with E-state index in [1.165, 1.54) is 19.3 Å². The number of esters is 1. The summed E-state index contributed by atoms with van der Waals surface area (Å²) in [6.07, 6.45) is 6.18. The second kappa shape index (κ2) is 6.72. The van der Waals surface area contributed by atoms with Gasteiger partial charge in [0.05, 0.1) is 13.2 Å². The molecular formula is C16H25N2O5P. The molecule has 4 bridgehead atoms. The first kappa shape index (κ1) is 17.8. The van der Waals surface area contributed by atoms with Crippen LogP contribution in [-0.2, 0) is 23.1 Å². The van der Waals surface area contributed by atoms with E-state index in [0.29, 0.717) is 17.8 Å². The average molecular weight is 356 g/mol. The van der Waals surface area contributed by atoms with Crippen LogP contribution < -0.4 is 0 Å². The maximum atomic E-state index is 12.7. The maximum absolute atomic E-state index is 12.7. The highest BCUT2D eigenvalue weighted by Crippen LogP contribution is 2.58. The Morgan fingerprint density at radius 1 is 1.08 bits per heavy atom. The van der Waals surface area contributed by atoms with Gasteiger partial charge in [-0.3, -0.25) is 0 Å². The lowest BCUT2D eigenvalue weighted by atomic mass is 9.54. The van der Waals surface area contributed by atoms with E-state index in [0.717, 1.165) is 19.3 Å². The zero-order valence-corrected chi connectivity index (χ0v) is 15.2. The molecule has 0 aliphatic heterocycles. The van der Waals surface area contributed by atoms with Crippen LogP contribution >= 0.6 is 7.60 Å². The van der Waals surface area contributed by atoms with Crippen molar-refractivity contribution in [2.75, 3.05) is 13.2 Å². The monoisotopic (exact) mass is 356 g/mol. The molecule has 134 valence electrons. The van der Waals surface area contributed by atoms with Gasteiger partial charge in [0.25, 0.3) is 0 Å². The normalized spacial score (nSPS) is 34.0. The Morgan fingerprint density at radius 2 is 1.54 bits per heavy atom. The van der Waals surface area contributed by atoms with Gasteiger partial charge in [0.2, 0.25) is 0 Å². The van der Waals surface area contributed by atoms with Gasteiger partial charge >= 0.3 is 19.0 Å². The Morgan fingerprint density at radius 3 is 1.92 bits per heavy atom. The molecule has 4 aliphatic rings. The molecule has 4 saturated carbocycles. The minimum absolute atomic E-state index is 0.0704. The van der Waals surface area contributed by atoms with E-state index in [2.05, 4.69) is 4.79 Å². The summed E-state index contributed by atoms with van der Waals surface area (Å²) in [5.41, 5.74) is 8.09. The minimum Gasteiger partial charge on any atom is -0.450 e. The van der Waals surface area contributed by atoms with Crippen molar-refractivity contribution in [1.29, 1.82) is 0 Å². The van der Waals surface area contributed by atoms with Gasteiger partial charge in [0, 0.05) is 0 Å². The first-order chi connectivity index (χ1) is 11.4. The van der Waals surface area contributed by atoms with Crippen LogP contribution in [0, 0.1) is 17.8 Å². The molecule has 0 atom stereocenters. The van der Waals surface area contributed by atoms with Gasteiger partial charge in [-0.1, -0.05) is 0 Å². The van der Waals surface area contributed by atoms with Crippen molar-refractivity contribution >= 4 is 19.0 Å². The SMILES string of the molecule is CCOP(=O)(OCC)C(=[N+]=[N-])C(=O)OC12CC3CC(CC(C3)C1)C2. The summed E-state index contributed by atoms with van der Waals surface area (Å²) in [6.45, 7) is 3.40. The Kier molecular flexibility index (Phi) is 4.99. The van der Waals surface area contributed by atoms with E-state index in [1.807, 2.05) is 0 Å². The Balaban J connectivity index is 1.78. The van der Waals surface area contributed by atoms with Gasteiger partial charge < -0.3 is 19.3 Å². The Bertz CT molecular complexity index is 568. The van der Waals surface area contributed by atoms with E-state index in [1.54, 1.807) is 13.8 Å². The molecule has 0 aromatic heterocycles. The van der Waals surface area contributed by atoms with Gasteiger partial charge in [-0.15, -0.1) is 4.79 Å². The van der Waals surface area contributed by atoms with Crippen LogP contribution in [0.4, 0.5) is 0 Å². The highest BCUT2D eigenvalue weighted by Gasteiger charge is 2.56. The first-order valence-corrected chi connectivity index (χ1v) is 10.3. The van der Waals surface area contributed by atoms with Crippen LogP contribution in [0.25, 0.3) is 5.53 Å². The summed E-state index contributed by atoms with van der Waals surface area (Å²) in [5, 5.41) is 0. The summed E-state index contributed by atoms with van der Waals surface area (Å²) in [4.78, 5) is 15.5. The van der Waals surface area contributed by atoms with Crippen molar-refractivity contribution in [3.8, 4) is 0 Å². The largest absolute Gasteiger partial charge is 0.484 e. The molecule has 8 heteroatoms. The molecule has 0 unspecified atom stereocenters. The van der Waals surface area contributed by atoms with Crippen molar-refractivity contribution in [2.45, 2.75) is 58.0 Å². The van der Waals surface area contributed by atoms with Crippen LogP contribution in [0.2, 0.25) is 0 Å². The molecule has 4 rings (SSSR count). The molecule has 7 nitrogen and oxygen atoms in total. The smallest absolute Gasteiger partial charge is 0.450 e. The van der Waals surface area contributed by atoms with Crippen molar-refractivity contribution in [1.82, 2.24) is 0 Å². The minimum atomic E-state index is -3.97. The fraction of sp³-hybridized carbons (Fsp3) is 0.875. The highest BCUT2D eigenvalue weighted by molar-refractivity contribution is 7.74. The molecule has 0 amide bonds. The molecule has 0 heterocycles. The van der Waals surface area contributed by atoms with Crippen LogP contribution in [0.5, 0.6) is 0 Å². The molecule has 0 N–H and O–H groups in total. The number of rotatable bonds is 7. The third-order valence-electron chi connectivity index (χ3n) is 5.43. The average Bonchev–Trinajstić information content (AvgIpc) is 2.45. The quantitative estimate of drug-likeness (QED) is 0.229. The summed E-state index contributed by atoms with van der Waals surface area (Å²) in [7, 11) is -3.97. The lowest BCUT2D eigenvalue weighted by Crippen LogP contribution is -2.53. The summed E-state index contributed by atoms with van der Waals surface area (Å²) < 4.78 is 28.7. The van der Waals surface area contributed by atoms with E-state index < -0.39 is 24.6 Å². The molecule has 0 spiro atoms. The van der Waals surface area contributed by atoms with Crippen molar-refractivity contribution in [3.05, 3.63) is 5.53 Å². The summed E-state index contributed by atoms with van der Waals surface area (Å²) >= 11 is 0. The van der Waals surface area contributed by atoms with Gasteiger partial charge in [0.1, 0.15) is 5.60 Å². The number of carbonyl (C=O) groups excluding carboxylic acids is 1. The fourth-order valence-corrected chi connectivity index (χ4v) is 6.48. The van der Waals surface area contributed by atoms with Crippen LogP contribution in [-0.4, -0.2) is 35.0 Å². The van der Waals surface area contributed by atoms with Crippen molar-refractivity contribution in [3.63, 3.8) is 0 Å². The predicted molar refractivity (Wildman–Crippen MR) is 86.5 cm³/mol. The predicted octanol–water partition coefficient (Wildman–Crippen LogP) is 3.39. The second-order valence-corrected chi connectivity index (χ2v) is 9.18. The van der Waals surface area contributed by atoms with Crippen molar-refractivity contribution in [2.24, 2.45) is 17.8 Å². The molecule has 4 fully saturated rings. The Labute approximate surface area is 142 Å². The molecule has 0 radical (unpaired) electrons. The van der Waals surface area contributed by atoms with Gasteiger partial charge in [0.15, 0.2) is 0 Å². The first-order valence-electron chi connectivity index (χ1n) is 8.78. The lowest BCUT2D eigenvalue weighted by Gasteiger charge is -2.55. The summed E-state index contributed by atoms with van der Waals surface area (Å²) in [6, 6.07) is 0. The third-order valence-corrected chi connectivity index (χ3v) is 7.41.